The molecule has 1 aliphatic carbocycles. The number of benzene rings is 1. The summed E-state index contributed by atoms with van der Waals surface area (Å²) in [6.45, 7) is 2.50. The fraction of sp³-hybridized carbons (Fsp3) is 0.556. The number of hydrogen-bond acceptors (Lipinski definition) is 3. The molecule has 3 aliphatic heterocycles. The summed E-state index contributed by atoms with van der Waals surface area (Å²) >= 11 is 0. The number of piperidine rings is 2. The summed E-state index contributed by atoms with van der Waals surface area (Å²) in [7, 11) is 1.73. The molecule has 4 aliphatic rings. The SMILES string of the molecule is COc1ccc2oc3c(c2c1)CCN1CC2CCC1C3C2. The molecule has 3 heteroatoms. The molecule has 2 aromatic rings. The van der Waals surface area contributed by atoms with Gasteiger partial charge in [-0.1, -0.05) is 0 Å². The van der Waals surface area contributed by atoms with Gasteiger partial charge in [0.25, 0.3) is 0 Å². The van der Waals surface area contributed by atoms with Crippen LogP contribution in [0.25, 0.3) is 11.0 Å². The zero-order valence-electron chi connectivity index (χ0n) is 12.5. The lowest BCUT2D eigenvalue weighted by Crippen LogP contribution is -2.51. The van der Waals surface area contributed by atoms with Gasteiger partial charge in [-0.2, -0.15) is 0 Å². The van der Waals surface area contributed by atoms with Gasteiger partial charge in [0.15, 0.2) is 0 Å². The monoisotopic (exact) mass is 283 g/mol. The van der Waals surface area contributed by atoms with E-state index >= 15 is 0 Å². The van der Waals surface area contributed by atoms with Crippen LogP contribution in [-0.2, 0) is 6.42 Å². The van der Waals surface area contributed by atoms with Crippen LogP contribution in [0, 0.1) is 5.92 Å². The van der Waals surface area contributed by atoms with Crippen LogP contribution in [0.15, 0.2) is 22.6 Å². The van der Waals surface area contributed by atoms with E-state index in [9.17, 15) is 0 Å². The highest BCUT2D eigenvalue weighted by atomic mass is 16.5. The van der Waals surface area contributed by atoms with Gasteiger partial charge < -0.3 is 9.15 Å². The molecule has 4 unspecified atom stereocenters. The van der Waals surface area contributed by atoms with E-state index in [0.717, 1.165) is 29.7 Å². The maximum atomic E-state index is 6.33. The van der Waals surface area contributed by atoms with Crippen LogP contribution in [0.1, 0.15) is 36.5 Å². The molecule has 3 nitrogen and oxygen atoms in total. The zero-order valence-corrected chi connectivity index (χ0v) is 12.5. The van der Waals surface area contributed by atoms with Gasteiger partial charge in [0, 0.05) is 36.0 Å². The summed E-state index contributed by atoms with van der Waals surface area (Å²) in [5, 5.41) is 1.27. The van der Waals surface area contributed by atoms with Gasteiger partial charge in [-0.05, 0) is 49.8 Å². The number of nitrogens with zero attached hydrogens (tertiary/aromatic N) is 1. The van der Waals surface area contributed by atoms with E-state index in [-0.39, 0.29) is 0 Å². The predicted molar refractivity (Wildman–Crippen MR) is 81.9 cm³/mol. The van der Waals surface area contributed by atoms with Crippen LogP contribution < -0.4 is 4.74 Å². The normalized spacial score (nSPS) is 33.8. The topological polar surface area (TPSA) is 25.6 Å². The maximum Gasteiger partial charge on any atom is 0.134 e. The number of rotatable bonds is 1. The van der Waals surface area contributed by atoms with E-state index in [1.165, 1.54) is 49.1 Å². The number of fused-ring (bicyclic) bond motifs is 4. The van der Waals surface area contributed by atoms with Gasteiger partial charge in [-0.3, -0.25) is 4.90 Å². The Labute approximate surface area is 124 Å². The Morgan fingerprint density at radius 3 is 3.10 bits per heavy atom. The maximum absolute atomic E-state index is 6.33. The van der Waals surface area contributed by atoms with Crippen molar-refractivity contribution in [1.82, 2.24) is 4.90 Å². The Bertz CT molecular complexity index is 705. The standard InChI is InChI=1S/C18H21NO2/c1-20-12-3-5-17-14(9-12)13-6-7-19-10-11-2-4-16(19)15(8-11)18(13)21-17/h3,5,9,11,15-16H,2,4,6-8,10H2,1H3. The van der Waals surface area contributed by atoms with Gasteiger partial charge in [0.1, 0.15) is 17.1 Å². The van der Waals surface area contributed by atoms with Crippen molar-refractivity contribution < 1.29 is 9.15 Å². The second-order valence-electron chi connectivity index (χ2n) is 6.90. The molecule has 4 bridgehead atoms. The molecule has 0 spiro atoms. The number of ether oxygens (including phenoxy) is 1. The molecule has 1 aromatic carbocycles. The summed E-state index contributed by atoms with van der Waals surface area (Å²) in [5.41, 5.74) is 2.49. The Morgan fingerprint density at radius 1 is 1.29 bits per heavy atom. The van der Waals surface area contributed by atoms with Crippen LogP contribution in [0.5, 0.6) is 5.75 Å². The minimum absolute atomic E-state index is 0.619. The summed E-state index contributed by atoms with van der Waals surface area (Å²) in [6, 6.07) is 6.95. The minimum atomic E-state index is 0.619. The first kappa shape index (κ1) is 12.1. The van der Waals surface area contributed by atoms with E-state index in [0.29, 0.717) is 5.92 Å². The molecule has 6 rings (SSSR count). The lowest BCUT2D eigenvalue weighted by Gasteiger charge is -2.48. The van der Waals surface area contributed by atoms with E-state index in [4.69, 9.17) is 9.15 Å². The zero-order chi connectivity index (χ0) is 14.0. The first-order valence-electron chi connectivity index (χ1n) is 8.17. The third kappa shape index (κ3) is 1.64. The molecule has 21 heavy (non-hydrogen) atoms. The molecule has 3 fully saturated rings. The highest BCUT2D eigenvalue weighted by molar-refractivity contribution is 5.84. The van der Waals surface area contributed by atoms with Gasteiger partial charge in [0.2, 0.25) is 0 Å². The van der Waals surface area contributed by atoms with Crippen molar-refractivity contribution >= 4 is 11.0 Å². The van der Waals surface area contributed by atoms with Gasteiger partial charge in [0.05, 0.1) is 7.11 Å². The van der Waals surface area contributed by atoms with E-state index in [1.54, 1.807) is 7.11 Å². The Morgan fingerprint density at radius 2 is 2.24 bits per heavy atom. The highest BCUT2D eigenvalue weighted by Gasteiger charge is 2.45. The van der Waals surface area contributed by atoms with Gasteiger partial charge >= 0.3 is 0 Å². The van der Waals surface area contributed by atoms with Gasteiger partial charge in [-0.15, -0.1) is 0 Å². The second kappa shape index (κ2) is 4.26. The molecule has 0 N–H and O–H groups in total. The van der Waals surface area contributed by atoms with Gasteiger partial charge in [-0.25, -0.2) is 0 Å². The third-order valence-corrected chi connectivity index (χ3v) is 5.90. The summed E-state index contributed by atoms with van der Waals surface area (Å²) in [6.07, 6.45) is 5.22. The molecule has 4 atom stereocenters. The number of furan rings is 1. The van der Waals surface area contributed by atoms with E-state index in [1.807, 2.05) is 6.07 Å². The van der Waals surface area contributed by atoms with Crippen LogP contribution in [-0.4, -0.2) is 31.1 Å². The van der Waals surface area contributed by atoms with Crippen molar-refractivity contribution in [1.29, 1.82) is 0 Å². The lowest BCUT2D eigenvalue weighted by molar-refractivity contribution is 0.0307. The number of hydrogen-bond donors (Lipinski definition) is 0. The van der Waals surface area contributed by atoms with Crippen LogP contribution in [0.4, 0.5) is 0 Å². The largest absolute Gasteiger partial charge is 0.497 e. The molecule has 1 saturated carbocycles. The third-order valence-electron chi connectivity index (χ3n) is 5.90. The number of methoxy groups -OCH3 is 1. The smallest absolute Gasteiger partial charge is 0.134 e. The molecular formula is C18H21NO2. The molecule has 0 amide bonds. The fourth-order valence-electron chi connectivity index (χ4n) is 4.94. The molecule has 110 valence electrons. The van der Waals surface area contributed by atoms with Crippen molar-refractivity contribution in [3.63, 3.8) is 0 Å². The molecular weight excluding hydrogens is 262 g/mol. The summed E-state index contributed by atoms with van der Waals surface area (Å²) in [4.78, 5) is 2.73. The average molecular weight is 283 g/mol. The molecule has 0 radical (unpaired) electrons. The first-order chi connectivity index (χ1) is 10.3. The Balaban J connectivity index is 1.69. The lowest BCUT2D eigenvalue weighted by atomic mass is 9.72. The first-order valence-corrected chi connectivity index (χ1v) is 8.17. The summed E-state index contributed by atoms with van der Waals surface area (Å²) in [5.74, 6) is 3.72. The van der Waals surface area contributed by atoms with Crippen molar-refractivity contribution in [2.75, 3.05) is 20.2 Å². The van der Waals surface area contributed by atoms with Crippen molar-refractivity contribution in [3.8, 4) is 5.75 Å². The highest BCUT2D eigenvalue weighted by Crippen LogP contribution is 2.49. The van der Waals surface area contributed by atoms with Crippen molar-refractivity contribution in [2.24, 2.45) is 5.92 Å². The Hall–Kier alpha value is -1.48. The van der Waals surface area contributed by atoms with E-state index in [2.05, 4.69) is 17.0 Å². The van der Waals surface area contributed by atoms with Crippen LogP contribution in [0.2, 0.25) is 0 Å². The summed E-state index contributed by atoms with van der Waals surface area (Å²) < 4.78 is 11.7. The molecule has 2 saturated heterocycles. The minimum Gasteiger partial charge on any atom is -0.497 e. The molecule has 4 heterocycles. The fourth-order valence-corrected chi connectivity index (χ4v) is 4.94. The van der Waals surface area contributed by atoms with Crippen molar-refractivity contribution in [2.45, 2.75) is 37.6 Å². The van der Waals surface area contributed by atoms with Crippen molar-refractivity contribution in [3.05, 3.63) is 29.5 Å². The van der Waals surface area contributed by atoms with Crippen LogP contribution in [0.3, 0.4) is 0 Å². The predicted octanol–water partition coefficient (Wildman–Crippen LogP) is 3.57. The van der Waals surface area contributed by atoms with Crippen LogP contribution >= 0.6 is 0 Å². The average Bonchev–Trinajstić information content (AvgIpc) is 2.86. The van der Waals surface area contributed by atoms with E-state index < -0.39 is 0 Å². The second-order valence-corrected chi connectivity index (χ2v) is 6.90. The quantitative estimate of drug-likeness (QED) is 0.800. The molecule has 1 aromatic heterocycles. The Kier molecular flexibility index (Phi) is 2.46.